The number of rotatable bonds is 5. The van der Waals surface area contributed by atoms with Gasteiger partial charge in [-0.3, -0.25) is 4.79 Å². The summed E-state index contributed by atoms with van der Waals surface area (Å²) in [6, 6.07) is 8.70. The lowest BCUT2D eigenvalue weighted by Crippen LogP contribution is -2.06. The van der Waals surface area contributed by atoms with Gasteiger partial charge in [0.15, 0.2) is 6.29 Å². The number of benzene rings is 1. The summed E-state index contributed by atoms with van der Waals surface area (Å²) >= 11 is 0. The highest BCUT2D eigenvalue weighted by atomic mass is 16.5. The summed E-state index contributed by atoms with van der Waals surface area (Å²) in [6.07, 6.45) is 1.80. The van der Waals surface area contributed by atoms with E-state index in [1.807, 2.05) is 6.07 Å². The molecular formula is C12H12O4. The average Bonchev–Trinajstić information content (AvgIpc) is 2.27. The molecule has 0 saturated heterocycles. The van der Waals surface area contributed by atoms with Crippen molar-refractivity contribution in [3.8, 4) is 5.75 Å². The monoisotopic (exact) mass is 220 g/mol. The Labute approximate surface area is 93.5 Å². The Hall–Kier alpha value is -2.10. The summed E-state index contributed by atoms with van der Waals surface area (Å²) in [6.45, 7) is 1.51. The molecule has 0 unspecified atom stereocenters. The largest absolute Gasteiger partial charge is 0.491 e. The highest BCUT2D eigenvalue weighted by Crippen LogP contribution is 2.09. The van der Waals surface area contributed by atoms with Crippen molar-refractivity contribution in [2.75, 3.05) is 6.61 Å². The van der Waals surface area contributed by atoms with Crippen molar-refractivity contribution in [2.24, 2.45) is 0 Å². The first-order chi connectivity index (χ1) is 7.72. The Balaban J connectivity index is 2.50. The Morgan fingerprint density at radius 3 is 2.62 bits per heavy atom. The minimum Gasteiger partial charge on any atom is -0.491 e. The van der Waals surface area contributed by atoms with E-state index in [-0.39, 0.29) is 6.61 Å². The van der Waals surface area contributed by atoms with E-state index in [1.54, 1.807) is 31.2 Å². The number of carbonyl (C=O) groups is 2. The van der Waals surface area contributed by atoms with Crippen LogP contribution < -0.4 is 4.74 Å². The Morgan fingerprint density at radius 2 is 2.00 bits per heavy atom. The van der Waals surface area contributed by atoms with Gasteiger partial charge < -0.3 is 9.47 Å². The first-order valence-corrected chi connectivity index (χ1v) is 4.74. The minimum atomic E-state index is -0.533. The molecule has 4 nitrogen and oxygen atoms in total. The topological polar surface area (TPSA) is 52.6 Å². The smallest absolute Gasteiger partial charge is 0.339 e. The van der Waals surface area contributed by atoms with Crippen molar-refractivity contribution in [3.05, 3.63) is 42.2 Å². The lowest BCUT2D eigenvalue weighted by molar-refractivity contribution is -0.129. The second-order valence-electron chi connectivity index (χ2n) is 2.97. The van der Waals surface area contributed by atoms with Gasteiger partial charge in [0.25, 0.3) is 0 Å². The van der Waals surface area contributed by atoms with Crippen LogP contribution >= 0.6 is 0 Å². The first-order valence-electron chi connectivity index (χ1n) is 4.74. The van der Waals surface area contributed by atoms with Crippen LogP contribution in [0.3, 0.4) is 0 Å². The zero-order valence-electron chi connectivity index (χ0n) is 8.88. The van der Waals surface area contributed by atoms with Crippen LogP contribution in [0, 0.1) is 0 Å². The number of hydrogen-bond donors (Lipinski definition) is 0. The van der Waals surface area contributed by atoms with Crippen LogP contribution in [0.25, 0.3) is 0 Å². The Bertz CT molecular complexity index is 381. The average molecular weight is 220 g/mol. The van der Waals surface area contributed by atoms with Crippen LogP contribution in [-0.4, -0.2) is 18.9 Å². The van der Waals surface area contributed by atoms with Crippen molar-refractivity contribution in [1.29, 1.82) is 0 Å². The van der Waals surface area contributed by atoms with E-state index in [0.717, 1.165) is 0 Å². The maximum Gasteiger partial charge on any atom is 0.339 e. The van der Waals surface area contributed by atoms with Crippen LogP contribution in [-0.2, 0) is 14.3 Å². The van der Waals surface area contributed by atoms with Crippen LogP contribution in [0.5, 0.6) is 5.75 Å². The van der Waals surface area contributed by atoms with E-state index in [4.69, 9.17) is 9.47 Å². The van der Waals surface area contributed by atoms with Gasteiger partial charge >= 0.3 is 5.97 Å². The molecule has 0 aliphatic heterocycles. The molecule has 0 N–H and O–H groups in total. The quantitative estimate of drug-likeness (QED) is 0.249. The minimum absolute atomic E-state index is 0.0685. The third-order valence-corrected chi connectivity index (χ3v) is 1.66. The zero-order valence-corrected chi connectivity index (χ0v) is 8.88. The molecule has 0 amide bonds. The molecule has 0 radical (unpaired) electrons. The summed E-state index contributed by atoms with van der Waals surface area (Å²) in [5.74, 6) is 0.273. The van der Waals surface area contributed by atoms with Gasteiger partial charge in [0.2, 0.25) is 0 Å². The number of carbonyl (C=O) groups excluding carboxylic acids is 2. The summed E-state index contributed by atoms with van der Waals surface area (Å²) in [5, 5.41) is 0. The summed E-state index contributed by atoms with van der Waals surface area (Å²) in [7, 11) is 0. The third kappa shape index (κ3) is 4.41. The van der Waals surface area contributed by atoms with E-state index in [2.05, 4.69) is 0 Å². The molecule has 4 heteroatoms. The third-order valence-electron chi connectivity index (χ3n) is 1.66. The number of esters is 1. The molecule has 1 rings (SSSR count). The molecule has 16 heavy (non-hydrogen) atoms. The maximum absolute atomic E-state index is 11.3. The highest BCUT2D eigenvalue weighted by molar-refractivity contribution is 5.84. The lowest BCUT2D eigenvalue weighted by Gasteiger charge is -2.02. The van der Waals surface area contributed by atoms with E-state index in [1.165, 1.54) is 6.08 Å². The van der Waals surface area contributed by atoms with Crippen molar-refractivity contribution < 1.29 is 19.1 Å². The fourth-order valence-corrected chi connectivity index (χ4v) is 1.01. The predicted octanol–water partition coefficient (Wildman–Crippen LogP) is 1.71. The van der Waals surface area contributed by atoms with Crippen LogP contribution in [0.1, 0.15) is 6.92 Å². The molecule has 0 spiro atoms. The molecule has 0 aliphatic carbocycles. The summed E-state index contributed by atoms with van der Waals surface area (Å²) < 4.78 is 9.87. The fourth-order valence-electron chi connectivity index (χ4n) is 1.01. The van der Waals surface area contributed by atoms with Gasteiger partial charge in [-0.1, -0.05) is 18.2 Å². The van der Waals surface area contributed by atoms with Crippen LogP contribution in [0.4, 0.5) is 0 Å². The van der Waals surface area contributed by atoms with Crippen molar-refractivity contribution in [1.82, 2.24) is 0 Å². The number of hydrogen-bond acceptors (Lipinski definition) is 4. The van der Waals surface area contributed by atoms with Gasteiger partial charge in [0, 0.05) is 0 Å². The van der Waals surface area contributed by atoms with Crippen molar-refractivity contribution >= 4 is 12.3 Å². The van der Waals surface area contributed by atoms with Gasteiger partial charge in [-0.25, -0.2) is 4.79 Å². The van der Waals surface area contributed by atoms with Crippen LogP contribution in [0.15, 0.2) is 42.2 Å². The molecular weight excluding hydrogens is 208 g/mol. The van der Waals surface area contributed by atoms with Crippen LogP contribution in [0.2, 0.25) is 0 Å². The van der Waals surface area contributed by atoms with Gasteiger partial charge in [-0.2, -0.15) is 0 Å². The molecule has 0 saturated carbocycles. The standard InChI is InChI=1S/C12H12O4/c1-10(15-8-7-13)9-12(14)16-11-5-3-2-4-6-11/h2-7,9H,8H2,1H3/b10-9+. The molecule has 84 valence electrons. The SMILES string of the molecule is C/C(=C\C(=O)Oc1ccccc1)OCC=O. The normalized spacial score (nSPS) is 10.7. The molecule has 0 bridgehead atoms. The molecule has 0 atom stereocenters. The second kappa shape index (κ2) is 6.40. The van der Waals surface area contributed by atoms with Gasteiger partial charge in [-0.05, 0) is 19.1 Å². The van der Waals surface area contributed by atoms with Gasteiger partial charge in [0.05, 0.1) is 6.08 Å². The molecule has 0 aromatic heterocycles. The molecule has 1 aromatic carbocycles. The summed E-state index contributed by atoms with van der Waals surface area (Å²) in [4.78, 5) is 21.3. The Morgan fingerprint density at radius 1 is 1.31 bits per heavy atom. The molecule has 0 aliphatic rings. The fraction of sp³-hybridized carbons (Fsp3) is 0.167. The van der Waals surface area contributed by atoms with Crippen molar-refractivity contribution in [2.45, 2.75) is 6.92 Å². The van der Waals surface area contributed by atoms with E-state index in [9.17, 15) is 9.59 Å². The molecule has 1 aromatic rings. The number of aldehydes is 1. The van der Waals surface area contributed by atoms with E-state index in [0.29, 0.717) is 17.8 Å². The first kappa shape index (κ1) is 12.0. The van der Waals surface area contributed by atoms with Gasteiger partial charge in [-0.15, -0.1) is 0 Å². The second-order valence-corrected chi connectivity index (χ2v) is 2.97. The van der Waals surface area contributed by atoms with Gasteiger partial charge in [0.1, 0.15) is 18.1 Å². The van der Waals surface area contributed by atoms with Crippen molar-refractivity contribution in [3.63, 3.8) is 0 Å². The van der Waals surface area contributed by atoms with E-state index < -0.39 is 5.97 Å². The number of ether oxygens (including phenoxy) is 2. The Kier molecular flexibility index (Phi) is 4.79. The summed E-state index contributed by atoms with van der Waals surface area (Å²) in [5.41, 5.74) is 0. The lowest BCUT2D eigenvalue weighted by atomic mass is 10.3. The predicted molar refractivity (Wildman–Crippen MR) is 57.9 cm³/mol. The molecule has 0 fully saturated rings. The highest BCUT2D eigenvalue weighted by Gasteiger charge is 2.01. The maximum atomic E-state index is 11.3. The zero-order chi connectivity index (χ0) is 11.8. The number of para-hydroxylation sites is 1. The van der Waals surface area contributed by atoms with E-state index >= 15 is 0 Å². The number of allylic oxidation sites excluding steroid dienone is 1. The molecule has 0 heterocycles.